The molecule has 0 aromatic carbocycles. The van der Waals surface area contributed by atoms with E-state index in [-0.39, 0.29) is 5.41 Å². The Hall–Kier alpha value is -1.34. The molecule has 1 rings (SSSR count). The SMILES string of the molecule is CC1=C(/C=C/C(Cl)=C\C=C\C(C)=C\C=O)C(C)(C)CCC1. The molecule has 0 bridgehead atoms. The zero-order chi connectivity index (χ0) is 15.9. The largest absolute Gasteiger partial charge is 0.299 e. The van der Waals surface area contributed by atoms with Gasteiger partial charge in [-0.2, -0.15) is 0 Å². The number of allylic oxidation sites excluding steroid dienone is 10. The monoisotopic (exact) mass is 304 g/mol. The van der Waals surface area contributed by atoms with Crippen molar-refractivity contribution >= 4 is 17.9 Å². The number of carbonyl (C=O) groups is 1. The van der Waals surface area contributed by atoms with Crippen LogP contribution < -0.4 is 0 Å². The molecule has 1 aliphatic carbocycles. The molecule has 0 spiro atoms. The summed E-state index contributed by atoms with van der Waals surface area (Å²) in [6.45, 7) is 8.67. The topological polar surface area (TPSA) is 17.1 Å². The lowest BCUT2D eigenvalue weighted by Gasteiger charge is -2.32. The van der Waals surface area contributed by atoms with E-state index in [1.54, 1.807) is 0 Å². The summed E-state index contributed by atoms with van der Waals surface area (Å²) < 4.78 is 0. The highest BCUT2D eigenvalue weighted by Crippen LogP contribution is 2.40. The van der Waals surface area contributed by atoms with E-state index >= 15 is 0 Å². The van der Waals surface area contributed by atoms with Gasteiger partial charge in [0.15, 0.2) is 0 Å². The summed E-state index contributed by atoms with van der Waals surface area (Å²) in [5.41, 5.74) is 4.00. The second kappa shape index (κ2) is 8.19. The minimum atomic E-state index is 0.231. The molecular weight excluding hydrogens is 280 g/mol. The van der Waals surface area contributed by atoms with Gasteiger partial charge in [0, 0.05) is 5.03 Å². The zero-order valence-corrected chi connectivity index (χ0v) is 14.2. The van der Waals surface area contributed by atoms with Crippen molar-refractivity contribution in [3.8, 4) is 0 Å². The van der Waals surface area contributed by atoms with Crippen LogP contribution in [0.25, 0.3) is 0 Å². The number of carbonyl (C=O) groups excluding carboxylic acids is 1. The van der Waals surface area contributed by atoms with Crippen LogP contribution in [0.1, 0.15) is 47.0 Å². The van der Waals surface area contributed by atoms with Crippen molar-refractivity contribution in [2.45, 2.75) is 47.0 Å². The molecule has 0 amide bonds. The van der Waals surface area contributed by atoms with Gasteiger partial charge in [0.25, 0.3) is 0 Å². The zero-order valence-electron chi connectivity index (χ0n) is 13.4. The summed E-state index contributed by atoms with van der Waals surface area (Å²) in [5.74, 6) is 0. The molecule has 21 heavy (non-hydrogen) atoms. The van der Waals surface area contributed by atoms with E-state index in [1.165, 1.54) is 36.5 Å². The van der Waals surface area contributed by atoms with Gasteiger partial charge in [0.05, 0.1) is 0 Å². The van der Waals surface area contributed by atoms with E-state index in [0.717, 1.165) is 11.9 Å². The molecule has 1 aliphatic rings. The lowest BCUT2D eigenvalue weighted by Crippen LogP contribution is -2.18. The average molecular weight is 305 g/mol. The van der Waals surface area contributed by atoms with Crippen LogP contribution in [0.15, 0.2) is 58.2 Å². The lowest BCUT2D eigenvalue weighted by molar-refractivity contribution is -0.104. The summed E-state index contributed by atoms with van der Waals surface area (Å²) >= 11 is 6.21. The van der Waals surface area contributed by atoms with Crippen LogP contribution in [0, 0.1) is 5.41 Å². The van der Waals surface area contributed by atoms with Crippen molar-refractivity contribution in [3.05, 3.63) is 58.2 Å². The van der Waals surface area contributed by atoms with Gasteiger partial charge in [0.1, 0.15) is 6.29 Å². The Labute approximate surface area is 133 Å². The first-order valence-electron chi connectivity index (χ1n) is 7.41. The molecule has 1 nitrogen and oxygen atoms in total. The van der Waals surface area contributed by atoms with Crippen LogP contribution in [-0.2, 0) is 4.79 Å². The summed E-state index contributed by atoms with van der Waals surface area (Å²) in [4.78, 5) is 10.3. The van der Waals surface area contributed by atoms with Crippen LogP contribution in [-0.4, -0.2) is 6.29 Å². The van der Waals surface area contributed by atoms with Gasteiger partial charge in [-0.3, -0.25) is 4.79 Å². The van der Waals surface area contributed by atoms with Crippen LogP contribution >= 0.6 is 11.6 Å². The fourth-order valence-electron chi connectivity index (χ4n) is 2.68. The molecule has 0 radical (unpaired) electrons. The smallest absolute Gasteiger partial charge is 0.143 e. The molecule has 0 fully saturated rings. The molecule has 0 N–H and O–H groups in total. The van der Waals surface area contributed by atoms with Crippen LogP contribution in [0.2, 0.25) is 0 Å². The Morgan fingerprint density at radius 2 is 1.95 bits per heavy atom. The third-order valence-electron chi connectivity index (χ3n) is 3.90. The van der Waals surface area contributed by atoms with Crippen molar-refractivity contribution < 1.29 is 4.79 Å². The normalized spacial score (nSPS) is 20.6. The molecule has 0 aromatic heterocycles. The molecule has 2 heteroatoms. The van der Waals surface area contributed by atoms with Crippen LogP contribution in [0.4, 0.5) is 0 Å². The average Bonchev–Trinajstić information content (AvgIpc) is 2.37. The van der Waals surface area contributed by atoms with Gasteiger partial charge < -0.3 is 0 Å². The summed E-state index contributed by atoms with van der Waals surface area (Å²) in [6.07, 6.45) is 15.6. The van der Waals surface area contributed by atoms with E-state index in [1.807, 2.05) is 31.2 Å². The number of aldehydes is 1. The fraction of sp³-hybridized carbons (Fsp3) is 0.421. The maximum absolute atomic E-state index is 10.3. The molecule has 0 atom stereocenters. The first-order valence-corrected chi connectivity index (χ1v) is 7.79. The van der Waals surface area contributed by atoms with Crippen molar-refractivity contribution in [1.29, 1.82) is 0 Å². The van der Waals surface area contributed by atoms with Crippen molar-refractivity contribution in [2.24, 2.45) is 5.41 Å². The minimum Gasteiger partial charge on any atom is -0.299 e. The van der Waals surface area contributed by atoms with Gasteiger partial charge >= 0.3 is 0 Å². The molecule has 0 aliphatic heterocycles. The third-order valence-corrected chi connectivity index (χ3v) is 4.15. The first-order chi connectivity index (χ1) is 9.86. The van der Waals surface area contributed by atoms with Gasteiger partial charge in [-0.15, -0.1) is 0 Å². The number of hydrogen-bond acceptors (Lipinski definition) is 1. The summed E-state index contributed by atoms with van der Waals surface area (Å²) in [7, 11) is 0. The molecule has 0 unspecified atom stereocenters. The van der Waals surface area contributed by atoms with Gasteiger partial charge in [-0.25, -0.2) is 0 Å². The van der Waals surface area contributed by atoms with Crippen molar-refractivity contribution in [1.82, 2.24) is 0 Å². The van der Waals surface area contributed by atoms with E-state index in [4.69, 9.17) is 11.6 Å². The van der Waals surface area contributed by atoms with E-state index < -0.39 is 0 Å². The minimum absolute atomic E-state index is 0.231. The molecular formula is C19H25ClO. The summed E-state index contributed by atoms with van der Waals surface area (Å²) in [6, 6.07) is 0. The third kappa shape index (κ3) is 5.89. The molecule has 0 heterocycles. The van der Waals surface area contributed by atoms with Crippen LogP contribution in [0.3, 0.4) is 0 Å². The fourth-order valence-corrected chi connectivity index (χ4v) is 2.82. The van der Waals surface area contributed by atoms with Gasteiger partial charge in [-0.05, 0) is 67.9 Å². The quantitative estimate of drug-likeness (QED) is 0.351. The number of rotatable bonds is 5. The Balaban J connectivity index is 2.80. The second-order valence-corrected chi connectivity index (χ2v) is 6.66. The lowest BCUT2D eigenvalue weighted by atomic mass is 9.73. The predicted molar refractivity (Wildman–Crippen MR) is 92.4 cm³/mol. The Bertz CT molecular complexity index is 528. The van der Waals surface area contributed by atoms with E-state index in [2.05, 4.69) is 26.8 Å². The predicted octanol–water partition coefficient (Wildman–Crippen LogP) is 5.89. The van der Waals surface area contributed by atoms with Gasteiger partial charge in [-0.1, -0.05) is 49.2 Å². The molecule has 0 saturated carbocycles. The van der Waals surface area contributed by atoms with E-state index in [0.29, 0.717) is 5.03 Å². The maximum atomic E-state index is 10.3. The van der Waals surface area contributed by atoms with Crippen molar-refractivity contribution in [2.75, 3.05) is 0 Å². The number of halogens is 1. The highest BCUT2D eigenvalue weighted by molar-refractivity contribution is 6.31. The van der Waals surface area contributed by atoms with E-state index in [9.17, 15) is 4.79 Å². The second-order valence-electron chi connectivity index (χ2n) is 6.22. The van der Waals surface area contributed by atoms with Crippen LogP contribution in [0.5, 0.6) is 0 Å². The number of hydrogen-bond donors (Lipinski definition) is 0. The Kier molecular flexibility index (Phi) is 6.91. The molecule has 0 aromatic rings. The highest BCUT2D eigenvalue weighted by atomic mass is 35.5. The van der Waals surface area contributed by atoms with Gasteiger partial charge in [0.2, 0.25) is 0 Å². The highest BCUT2D eigenvalue weighted by Gasteiger charge is 2.26. The summed E-state index contributed by atoms with van der Waals surface area (Å²) in [5, 5.41) is 0.687. The van der Waals surface area contributed by atoms with Crippen molar-refractivity contribution in [3.63, 3.8) is 0 Å². The first kappa shape index (κ1) is 17.7. The standard InChI is InChI=1S/C19H25ClO/c1-15(12-14-21)7-5-9-17(20)10-11-18-16(2)8-6-13-19(18,3)4/h5,7,9-12,14H,6,8,13H2,1-4H3/b7-5+,11-10+,15-12+,17-9+. The maximum Gasteiger partial charge on any atom is 0.143 e. The molecule has 114 valence electrons. The molecule has 0 saturated heterocycles. The Morgan fingerprint density at radius 1 is 1.24 bits per heavy atom. The Morgan fingerprint density at radius 3 is 2.57 bits per heavy atom.